The highest BCUT2D eigenvalue weighted by atomic mass is 79.9. The first kappa shape index (κ1) is 17.4. The van der Waals surface area contributed by atoms with Gasteiger partial charge < -0.3 is 5.32 Å². The van der Waals surface area contributed by atoms with Gasteiger partial charge in [0.25, 0.3) is 15.0 Å². The molecule has 1 atom stereocenters. The van der Waals surface area contributed by atoms with E-state index in [9.17, 15) is 17.6 Å². The van der Waals surface area contributed by atoms with E-state index in [1.807, 2.05) is 13.8 Å². The van der Waals surface area contributed by atoms with Gasteiger partial charge in [0.2, 0.25) is 0 Å². The molecule has 8 heteroatoms. The zero-order valence-electron chi connectivity index (χ0n) is 11.1. The van der Waals surface area contributed by atoms with Crippen LogP contribution in [0.3, 0.4) is 0 Å². The van der Waals surface area contributed by atoms with Crippen molar-refractivity contribution >= 4 is 41.6 Å². The number of amides is 1. The Balaban J connectivity index is 3.26. The molecule has 20 heavy (non-hydrogen) atoms. The van der Waals surface area contributed by atoms with E-state index in [4.69, 9.17) is 10.7 Å². The molecule has 0 aliphatic rings. The van der Waals surface area contributed by atoms with Gasteiger partial charge in [-0.1, -0.05) is 29.8 Å². The largest absolute Gasteiger partial charge is 0.349 e. The molecule has 0 aliphatic heterocycles. The third-order valence-corrected chi connectivity index (χ3v) is 4.65. The molecule has 0 bridgehead atoms. The van der Waals surface area contributed by atoms with E-state index >= 15 is 0 Å². The van der Waals surface area contributed by atoms with E-state index in [-0.39, 0.29) is 22.0 Å². The monoisotopic (exact) mass is 385 g/mol. The summed E-state index contributed by atoms with van der Waals surface area (Å²) in [4.78, 5) is 11.3. The Morgan fingerprint density at radius 2 is 1.90 bits per heavy atom. The first-order valence-electron chi connectivity index (χ1n) is 5.78. The Hall–Kier alpha value is -0.660. The molecule has 0 heterocycles. The molecule has 0 aliphatic carbocycles. The van der Waals surface area contributed by atoms with Crippen molar-refractivity contribution in [3.05, 3.63) is 28.0 Å². The summed E-state index contributed by atoms with van der Waals surface area (Å²) in [5.74, 6) is -1.69. The van der Waals surface area contributed by atoms with Crippen LogP contribution in [0.25, 0.3) is 0 Å². The van der Waals surface area contributed by atoms with Crippen LogP contribution in [-0.4, -0.2) is 20.4 Å². The van der Waals surface area contributed by atoms with Gasteiger partial charge in [0.05, 0.1) is 5.56 Å². The van der Waals surface area contributed by atoms with Crippen LogP contribution in [0.1, 0.15) is 31.1 Å². The van der Waals surface area contributed by atoms with Crippen molar-refractivity contribution in [2.75, 3.05) is 0 Å². The van der Waals surface area contributed by atoms with Gasteiger partial charge >= 0.3 is 0 Å². The molecule has 112 valence electrons. The average Bonchev–Trinajstić information content (AvgIpc) is 2.29. The smallest absolute Gasteiger partial charge is 0.264 e. The number of benzene rings is 1. The summed E-state index contributed by atoms with van der Waals surface area (Å²) in [5.41, 5.74) is -0.369. The lowest BCUT2D eigenvalue weighted by atomic mass is 10.1. The van der Waals surface area contributed by atoms with Gasteiger partial charge in [0, 0.05) is 21.2 Å². The second kappa shape index (κ2) is 6.41. The Kier molecular flexibility index (Phi) is 5.57. The lowest BCUT2D eigenvalue weighted by Gasteiger charge is -2.18. The standard InChI is InChI=1S/C12H14BrClFNO3S/c1-6(2)7(3)16-12(17)9-4-8(13)5-10(11(9)15)20(14,18)19/h4-7H,1-3H3,(H,16,17). The second-order valence-electron chi connectivity index (χ2n) is 4.71. The number of carbonyl (C=O) groups excluding carboxylic acids is 1. The number of carbonyl (C=O) groups is 1. The lowest BCUT2D eigenvalue weighted by molar-refractivity contribution is 0.0926. The highest BCUT2D eigenvalue weighted by molar-refractivity contribution is 9.10. The van der Waals surface area contributed by atoms with Crippen molar-refractivity contribution in [2.45, 2.75) is 31.7 Å². The first-order valence-corrected chi connectivity index (χ1v) is 8.88. The fraction of sp³-hybridized carbons (Fsp3) is 0.417. The molecular weight excluding hydrogens is 373 g/mol. The number of nitrogens with one attached hydrogen (secondary N) is 1. The molecule has 0 saturated carbocycles. The average molecular weight is 387 g/mol. The fourth-order valence-corrected chi connectivity index (χ4v) is 2.90. The maximum atomic E-state index is 14.1. The van der Waals surface area contributed by atoms with Gasteiger partial charge in [-0.15, -0.1) is 0 Å². The zero-order chi connectivity index (χ0) is 15.7. The van der Waals surface area contributed by atoms with E-state index in [2.05, 4.69) is 21.2 Å². The highest BCUT2D eigenvalue weighted by Gasteiger charge is 2.24. The molecule has 1 aromatic rings. The second-order valence-corrected chi connectivity index (χ2v) is 8.16. The van der Waals surface area contributed by atoms with Crippen molar-refractivity contribution in [1.82, 2.24) is 5.32 Å². The molecule has 0 radical (unpaired) electrons. The molecule has 0 aromatic heterocycles. The number of rotatable bonds is 4. The zero-order valence-corrected chi connectivity index (χ0v) is 14.2. The molecule has 4 nitrogen and oxygen atoms in total. The molecule has 0 fully saturated rings. The van der Waals surface area contributed by atoms with Crippen LogP contribution < -0.4 is 5.32 Å². The summed E-state index contributed by atoms with van der Waals surface area (Å²) in [5, 5.41) is 2.60. The Labute approximate surface area is 130 Å². The van der Waals surface area contributed by atoms with Gasteiger partial charge in [-0.25, -0.2) is 12.8 Å². The number of halogens is 3. The van der Waals surface area contributed by atoms with Crippen molar-refractivity contribution in [1.29, 1.82) is 0 Å². The van der Waals surface area contributed by atoms with Crippen LogP contribution in [0.5, 0.6) is 0 Å². The maximum absolute atomic E-state index is 14.1. The summed E-state index contributed by atoms with van der Waals surface area (Å²) in [6.45, 7) is 5.57. The fourth-order valence-electron chi connectivity index (χ4n) is 1.36. The Morgan fingerprint density at radius 1 is 1.35 bits per heavy atom. The van der Waals surface area contributed by atoms with Crippen LogP contribution in [0.4, 0.5) is 4.39 Å². The van der Waals surface area contributed by atoms with Gasteiger partial charge in [-0.05, 0) is 25.0 Å². The van der Waals surface area contributed by atoms with E-state index < -0.39 is 25.7 Å². The molecule has 1 aromatic carbocycles. The van der Waals surface area contributed by atoms with Crippen LogP contribution in [0.2, 0.25) is 0 Å². The maximum Gasteiger partial charge on any atom is 0.264 e. The minimum absolute atomic E-state index is 0.158. The van der Waals surface area contributed by atoms with Crippen molar-refractivity contribution in [2.24, 2.45) is 5.92 Å². The predicted molar refractivity (Wildman–Crippen MR) is 78.9 cm³/mol. The van der Waals surface area contributed by atoms with Gasteiger partial charge in [-0.3, -0.25) is 4.79 Å². The quantitative estimate of drug-likeness (QED) is 0.808. The topological polar surface area (TPSA) is 63.2 Å². The third kappa shape index (κ3) is 4.17. The molecule has 0 saturated heterocycles. The van der Waals surface area contributed by atoms with Gasteiger partial charge in [-0.2, -0.15) is 0 Å². The van der Waals surface area contributed by atoms with Crippen molar-refractivity contribution < 1.29 is 17.6 Å². The minimum atomic E-state index is -4.27. The number of hydrogen-bond acceptors (Lipinski definition) is 3. The van der Waals surface area contributed by atoms with Crippen LogP contribution in [-0.2, 0) is 9.05 Å². The molecule has 1 amide bonds. The summed E-state index contributed by atoms with van der Waals surface area (Å²) in [6, 6.07) is 2.04. The normalized spacial score (nSPS) is 13.3. The number of hydrogen-bond donors (Lipinski definition) is 1. The molecule has 1 unspecified atom stereocenters. The SMILES string of the molecule is CC(C)C(C)NC(=O)c1cc(Br)cc(S(=O)(=O)Cl)c1F. The Morgan fingerprint density at radius 3 is 2.35 bits per heavy atom. The first-order chi connectivity index (χ1) is 9.04. The van der Waals surface area contributed by atoms with Crippen LogP contribution in [0.15, 0.2) is 21.5 Å². The van der Waals surface area contributed by atoms with Crippen LogP contribution >= 0.6 is 26.6 Å². The molecule has 0 spiro atoms. The van der Waals surface area contributed by atoms with Crippen LogP contribution in [0, 0.1) is 11.7 Å². The molecular formula is C12H14BrClFNO3S. The summed E-state index contributed by atoms with van der Waals surface area (Å²) >= 11 is 3.03. The summed E-state index contributed by atoms with van der Waals surface area (Å²) in [6.07, 6.45) is 0. The van der Waals surface area contributed by atoms with E-state index in [0.29, 0.717) is 0 Å². The summed E-state index contributed by atoms with van der Waals surface area (Å²) < 4.78 is 36.9. The molecule has 1 N–H and O–H groups in total. The van der Waals surface area contributed by atoms with Crippen molar-refractivity contribution in [3.63, 3.8) is 0 Å². The van der Waals surface area contributed by atoms with Gasteiger partial charge in [0.1, 0.15) is 4.90 Å². The third-order valence-electron chi connectivity index (χ3n) is 2.87. The van der Waals surface area contributed by atoms with E-state index in [1.54, 1.807) is 6.92 Å². The summed E-state index contributed by atoms with van der Waals surface area (Å²) in [7, 11) is 0.879. The van der Waals surface area contributed by atoms with E-state index in [0.717, 1.165) is 6.07 Å². The van der Waals surface area contributed by atoms with E-state index in [1.165, 1.54) is 6.07 Å². The molecule has 1 rings (SSSR count). The van der Waals surface area contributed by atoms with Gasteiger partial charge in [0.15, 0.2) is 5.82 Å². The highest BCUT2D eigenvalue weighted by Crippen LogP contribution is 2.26. The lowest BCUT2D eigenvalue weighted by Crippen LogP contribution is -2.36. The minimum Gasteiger partial charge on any atom is -0.349 e. The Bertz CT molecular complexity index is 634. The predicted octanol–water partition coefficient (Wildman–Crippen LogP) is 3.29. The van der Waals surface area contributed by atoms with Crippen molar-refractivity contribution in [3.8, 4) is 0 Å².